The fraction of sp³-hybridized carbons (Fsp3) is 0.714. The number of hydrogen-bond acceptors (Lipinski definition) is 3. The molecule has 0 unspecified atom stereocenters. The molecule has 2 heterocycles. The lowest BCUT2D eigenvalue weighted by atomic mass is 9.99. The van der Waals surface area contributed by atoms with Gasteiger partial charge in [0.25, 0.3) is 5.56 Å². The number of aryl methyl sites for hydroxylation is 1. The molecule has 34 heavy (non-hydrogen) atoms. The summed E-state index contributed by atoms with van der Waals surface area (Å²) < 4.78 is 5.16. The third-order valence-corrected chi connectivity index (χ3v) is 6.82. The average Bonchev–Trinajstić information content (AvgIpc) is 3.32. The van der Waals surface area contributed by atoms with Gasteiger partial charge in [0, 0.05) is 16.8 Å². The van der Waals surface area contributed by atoms with Gasteiger partial charge in [0.05, 0.1) is 12.3 Å². The first-order chi connectivity index (χ1) is 16.5. The number of carbonyl (C=O) groups is 1. The predicted octanol–water partition coefficient (Wildman–Crippen LogP) is 7.52. The van der Waals surface area contributed by atoms with Gasteiger partial charge in [0.2, 0.25) is 0 Å². The molecule has 0 fully saturated rings. The van der Waals surface area contributed by atoms with E-state index in [9.17, 15) is 9.59 Å². The van der Waals surface area contributed by atoms with Crippen molar-refractivity contribution in [3.63, 3.8) is 0 Å². The lowest BCUT2D eigenvalue weighted by molar-refractivity contribution is 0.0519. The van der Waals surface area contributed by atoms with Gasteiger partial charge in [-0.05, 0) is 39.2 Å². The maximum absolute atomic E-state index is 12.5. The van der Waals surface area contributed by atoms with Crippen molar-refractivity contribution in [3.05, 3.63) is 32.9 Å². The first-order valence-electron chi connectivity index (χ1n) is 13.7. The van der Waals surface area contributed by atoms with Crippen LogP contribution in [-0.4, -0.2) is 27.8 Å². The minimum absolute atomic E-state index is 0.0672. The van der Waals surface area contributed by atoms with Gasteiger partial charge in [-0.15, -0.1) is 0 Å². The molecule has 0 aliphatic rings. The first kappa shape index (κ1) is 28.0. The smallest absolute Gasteiger partial charge is 0.355 e. The van der Waals surface area contributed by atoms with E-state index in [0.717, 1.165) is 47.3 Å². The lowest BCUT2D eigenvalue weighted by Crippen LogP contribution is -2.07. The van der Waals surface area contributed by atoms with Crippen LogP contribution in [0.15, 0.2) is 4.79 Å². The Kier molecular flexibility index (Phi) is 12.9. The Morgan fingerprint density at radius 1 is 0.765 bits per heavy atom. The number of carbonyl (C=O) groups excluding carboxylic acids is 1. The van der Waals surface area contributed by atoms with E-state index in [-0.39, 0.29) is 11.5 Å². The summed E-state index contributed by atoms with van der Waals surface area (Å²) in [6, 6.07) is 0. The Labute approximate surface area is 205 Å². The monoisotopic (exact) mass is 473 g/mol. The number of rotatable bonds is 18. The summed E-state index contributed by atoms with van der Waals surface area (Å²) in [5, 5.41) is 5.79. The van der Waals surface area contributed by atoms with Gasteiger partial charge in [-0.2, -0.15) is 0 Å². The van der Waals surface area contributed by atoms with Crippen molar-refractivity contribution in [3.8, 4) is 11.3 Å². The summed E-state index contributed by atoms with van der Waals surface area (Å²) in [7, 11) is 0. The number of nitrogens with one attached hydrogen (secondary N) is 3. The number of hydrogen-bond donors (Lipinski definition) is 3. The number of unbranched alkanes of at least 4 members (excludes halogenated alkanes) is 13. The van der Waals surface area contributed by atoms with Gasteiger partial charge >= 0.3 is 5.97 Å². The Morgan fingerprint density at radius 2 is 1.29 bits per heavy atom. The van der Waals surface area contributed by atoms with Crippen molar-refractivity contribution in [2.24, 2.45) is 0 Å². The van der Waals surface area contributed by atoms with E-state index < -0.39 is 0 Å². The number of aromatic nitrogens is 3. The van der Waals surface area contributed by atoms with E-state index in [2.05, 4.69) is 22.1 Å². The minimum Gasteiger partial charge on any atom is -0.461 e. The molecule has 0 aromatic carbocycles. The third-order valence-electron chi connectivity index (χ3n) is 6.82. The zero-order valence-corrected chi connectivity index (χ0v) is 22.0. The molecule has 6 heteroatoms. The molecule has 3 N–H and O–H groups in total. The van der Waals surface area contributed by atoms with Crippen LogP contribution in [-0.2, 0) is 11.2 Å². The molecule has 0 amide bonds. The second-order valence-electron chi connectivity index (χ2n) is 9.62. The maximum atomic E-state index is 12.5. The van der Waals surface area contributed by atoms with Crippen LogP contribution in [0.25, 0.3) is 11.3 Å². The van der Waals surface area contributed by atoms with Crippen LogP contribution in [0.3, 0.4) is 0 Å². The summed E-state index contributed by atoms with van der Waals surface area (Å²) in [6.07, 6.45) is 19.2. The molecular weight excluding hydrogens is 426 g/mol. The SMILES string of the molecule is CCCCCCCCCCCCCCCCc1c(-c2c(C)[nH]c(C(=O)OCC)c2C)[nH][nH]c1=O. The minimum atomic E-state index is -0.360. The molecule has 6 nitrogen and oxygen atoms in total. The summed E-state index contributed by atoms with van der Waals surface area (Å²) in [5.74, 6) is -0.360. The first-order valence-corrected chi connectivity index (χ1v) is 13.7. The molecule has 0 saturated carbocycles. The standard InChI is InChI=1S/C28H47N3O3/c1-5-7-8-9-10-11-12-13-14-15-16-17-18-19-20-23-26(30-31-27(23)32)24-21(3)25(29-22(24)4)28(33)34-6-2/h29H,5-20H2,1-4H3,(H2,30,31,32). The Hall–Kier alpha value is -2.24. The number of H-pyrrole nitrogens is 3. The van der Waals surface area contributed by atoms with Crippen LogP contribution in [0.1, 0.15) is 131 Å². The van der Waals surface area contributed by atoms with Gasteiger partial charge in [-0.3, -0.25) is 15.0 Å². The molecule has 192 valence electrons. The van der Waals surface area contributed by atoms with Crippen LogP contribution in [0, 0.1) is 13.8 Å². The molecule has 2 aromatic rings. The van der Waals surface area contributed by atoms with Gasteiger partial charge < -0.3 is 9.72 Å². The highest BCUT2D eigenvalue weighted by molar-refractivity contribution is 5.92. The number of ether oxygens (including phenoxy) is 1. The molecular formula is C28H47N3O3. The lowest BCUT2D eigenvalue weighted by Gasteiger charge is -2.05. The Bertz CT molecular complexity index is 907. The number of aromatic amines is 3. The zero-order chi connectivity index (χ0) is 24.8. The summed E-state index contributed by atoms with van der Waals surface area (Å²) >= 11 is 0. The second-order valence-corrected chi connectivity index (χ2v) is 9.62. The summed E-state index contributed by atoms with van der Waals surface area (Å²) in [4.78, 5) is 27.8. The van der Waals surface area contributed by atoms with Gasteiger partial charge in [-0.25, -0.2) is 4.79 Å². The van der Waals surface area contributed by atoms with E-state index in [1.165, 1.54) is 77.0 Å². The van der Waals surface area contributed by atoms with Gasteiger partial charge in [0.1, 0.15) is 5.69 Å². The summed E-state index contributed by atoms with van der Waals surface area (Å²) in [6.45, 7) is 8.21. The highest BCUT2D eigenvalue weighted by Gasteiger charge is 2.23. The second kappa shape index (κ2) is 15.6. The van der Waals surface area contributed by atoms with Crippen molar-refractivity contribution in [2.45, 2.75) is 124 Å². The van der Waals surface area contributed by atoms with E-state index in [1.54, 1.807) is 6.92 Å². The highest BCUT2D eigenvalue weighted by atomic mass is 16.5. The highest BCUT2D eigenvalue weighted by Crippen LogP contribution is 2.30. The molecule has 0 aliphatic heterocycles. The van der Waals surface area contributed by atoms with E-state index >= 15 is 0 Å². The molecule has 0 spiro atoms. The quantitative estimate of drug-likeness (QED) is 0.154. The number of esters is 1. The van der Waals surface area contributed by atoms with Crippen LogP contribution >= 0.6 is 0 Å². The van der Waals surface area contributed by atoms with Crippen molar-refractivity contribution < 1.29 is 9.53 Å². The maximum Gasteiger partial charge on any atom is 0.355 e. The molecule has 0 atom stereocenters. The predicted molar refractivity (Wildman–Crippen MR) is 141 cm³/mol. The molecule has 2 aromatic heterocycles. The van der Waals surface area contributed by atoms with E-state index in [0.29, 0.717) is 12.3 Å². The zero-order valence-electron chi connectivity index (χ0n) is 22.0. The summed E-state index contributed by atoms with van der Waals surface area (Å²) in [5.41, 5.74) is 4.52. The van der Waals surface area contributed by atoms with E-state index in [4.69, 9.17) is 4.74 Å². The molecule has 0 aliphatic carbocycles. The topological polar surface area (TPSA) is 90.7 Å². The molecule has 2 rings (SSSR count). The fourth-order valence-electron chi connectivity index (χ4n) is 4.86. The van der Waals surface area contributed by atoms with Crippen molar-refractivity contribution in [1.82, 2.24) is 15.2 Å². The van der Waals surface area contributed by atoms with Crippen LogP contribution in [0.5, 0.6) is 0 Å². The average molecular weight is 474 g/mol. The van der Waals surface area contributed by atoms with Crippen LogP contribution in [0.2, 0.25) is 0 Å². The van der Waals surface area contributed by atoms with Gasteiger partial charge in [0.15, 0.2) is 0 Å². The normalized spacial score (nSPS) is 11.3. The largest absolute Gasteiger partial charge is 0.461 e. The Morgan fingerprint density at radius 3 is 1.82 bits per heavy atom. The van der Waals surface area contributed by atoms with Crippen molar-refractivity contribution >= 4 is 5.97 Å². The Balaban J connectivity index is 1.72. The third kappa shape index (κ3) is 8.52. The molecule has 0 saturated heterocycles. The van der Waals surface area contributed by atoms with Crippen molar-refractivity contribution in [1.29, 1.82) is 0 Å². The van der Waals surface area contributed by atoms with Crippen LogP contribution in [0.4, 0.5) is 0 Å². The van der Waals surface area contributed by atoms with Gasteiger partial charge in [-0.1, -0.05) is 90.4 Å². The molecule has 0 bridgehead atoms. The van der Waals surface area contributed by atoms with Crippen LogP contribution < -0.4 is 5.56 Å². The fourth-order valence-corrected chi connectivity index (χ4v) is 4.86. The van der Waals surface area contributed by atoms with E-state index in [1.807, 2.05) is 13.8 Å². The molecule has 0 radical (unpaired) electrons. The van der Waals surface area contributed by atoms with Crippen molar-refractivity contribution in [2.75, 3.05) is 6.61 Å².